The average molecular weight is 158 g/mol. The molecule has 0 aromatic heterocycles. The van der Waals surface area contributed by atoms with Gasteiger partial charge in [0.2, 0.25) is 0 Å². The Kier molecular flexibility index (Phi) is 4.50. The van der Waals surface area contributed by atoms with Gasteiger partial charge in [-0.1, -0.05) is 20.8 Å². The maximum Gasteiger partial charge on any atom is 0.305 e. The van der Waals surface area contributed by atoms with E-state index in [2.05, 4.69) is 4.74 Å². The number of carbonyl (C=O) groups is 2. The van der Waals surface area contributed by atoms with Gasteiger partial charge in [-0.05, 0) is 0 Å². The molecule has 0 fully saturated rings. The highest BCUT2D eigenvalue weighted by Crippen LogP contribution is 1.95. The summed E-state index contributed by atoms with van der Waals surface area (Å²) in [5, 5.41) is 0. The van der Waals surface area contributed by atoms with Crippen molar-refractivity contribution in [1.29, 1.82) is 0 Å². The number of ether oxygens (including phenoxy) is 1. The Morgan fingerprint density at radius 3 is 2.27 bits per heavy atom. The minimum absolute atomic E-state index is 0.0354. The lowest BCUT2D eigenvalue weighted by Crippen LogP contribution is -2.17. The molecule has 0 heterocycles. The van der Waals surface area contributed by atoms with E-state index >= 15 is 0 Å². The number of carbonyl (C=O) groups excluding carboxylic acids is 2. The molecular weight excluding hydrogens is 144 g/mol. The van der Waals surface area contributed by atoms with E-state index in [0.29, 0.717) is 6.42 Å². The summed E-state index contributed by atoms with van der Waals surface area (Å²) in [6, 6.07) is 0. The molecule has 3 heteroatoms. The van der Waals surface area contributed by atoms with Crippen molar-refractivity contribution in [2.45, 2.75) is 27.2 Å². The first-order valence-corrected chi connectivity index (χ1v) is 3.76. The summed E-state index contributed by atoms with van der Waals surface area (Å²) in [5.74, 6) is -0.412. The third kappa shape index (κ3) is 4.53. The fourth-order valence-electron chi connectivity index (χ4n) is 0.420. The van der Waals surface area contributed by atoms with E-state index in [1.165, 1.54) is 0 Å². The Labute approximate surface area is 66.7 Å². The fourth-order valence-corrected chi connectivity index (χ4v) is 0.420. The van der Waals surface area contributed by atoms with E-state index < -0.39 is 0 Å². The third-order valence-corrected chi connectivity index (χ3v) is 1.31. The molecule has 11 heavy (non-hydrogen) atoms. The first-order valence-electron chi connectivity index (χ1n) is 3.76. The van der Waals surface area contributed by atoms with Crippen molar-refractivity contribution in [2.75, 3.05) is 6.61 Å². The monoisotopic (exact) mass is 158 g/mol. The Morgan fingerprint density at radius 1 is 1.36 bits per heavy atom. The second kappa shape index (κ2) is 4.88. The van der Waals surface area contributed by atoms with Gasteiger partial charge in [0.05, 0.1) is 0 Å². The van der Waals surface area contributed by atoms with Crippen molar-refractivity contribution in [1.82, 2.24) is 0 Å². The summed E-state index contributed by atoms with van der Waals surface area (Å²) in [5.41, 5.74) is 0. The fraction of sp³-hybridized carbons (Fsp3) is 0.750. The molecule has 0 N–H and O–H groups in total. The summed E-state index contributed by atoms with van der Waals surface area (Å²) >= 11 is 0. The van der Waals surface area contributed by atoms with Gasteiger partial charge in [-0.15, -0.1) is 0 Å². The van der Waals surface area contributed by atoms with Gasteiger partial charge in [0.25, 0.3) is 0 Å². The molecular formula is C8H14O3. The van der Waals surface area contributed by atoms with Crippen LogP contribution in [0.4, 0.5) is 0 Å². The predicted octanol–water partition coefficient (Wildman–Crippen LogP) is 1.16. The Bertz CT molecular complexity index is 149. The second-order valence-electron chi connectivity index (χ2n) is 2.64. The second-order valence-corrected chi connectivity index (χ2v) is 2.64. The van der Waals surface area contributed by atoms with Crippen LogP contribution in [0.15, 0.2) is 0 Å². The lowest BCUT2D eigenvalue weighted by atomic mass is 10.1. The number of rotatable bonds is 4. The highest BCUT2D eigenvalue weighted by atomic mass is 16.5. The van der Waals surface area contributed by atoms with Crippen LogP contribution in [0.5, 0.6) is 0 Å². The lowest BCUT2D eigenvalue weighted by Gasteiger charge is -2.03. The zero-order chi connectivity index (χ0) is 8.85. The number of esters is 1. The quantitative estimate of drug-likeness (QED) is 0.577. The molecule has 0 aliphatic carbocycles. The minimum Gasteiger partial charge on any atom is -0.458 e. The summed E-state index contributed by atoms with van der Waals surface area (Å²) in [4.78, 5) is 21.5. The van der Waals surface area contributed by atoms with Crippen LogP contribution in [0.2, 0.25) is 0 Å². The van der Waals surface area contributed by atoms with E-state index in [4.69, 9.17) is 0 Å². The van der Waals surface area contributed by atoms with Gasteiger partial charge < -0.3 is 4.74 Å². The summed E-state index contributed by atoms with van der Waals surface area (Å²) in [6.07, 6.45) is 0.325. The van der Waals surface area contributed by atoms with Crippen LogP contribution in [-0.2, 0) is 14.3 Å². The Balaban J connectivity index is 3.54. The number of hydrogen-bond donors (Lipinski definition) is 0. The number of ketones is 1. The molecule has 3 nitrogen and oxygen atoms in total. The van der Waals surface area contributed by atoms with Crippen LogP contribution in [0.25, 0.3) is 0 Å². The van der Waals surface area contributed by atoms with Crippen LogP contribution in [0, 0.1) is 5.92 Å². The van der Waals surface area contributed by atoms with E-state index in [1.807, 2.05) is 0 Å². The smallest absolute Gasteiger partial charge is 0.305 e. The van der Waals surface area contributed by atoms with E-state index in [1.54, 1.807) is 20.8 Å². The maximum absolute atomic E-state index is 10.9. The molecule has 0 rings (SSSR count). The summed E-state index contributed by atoms with van der Waals surface area (Å²) < 4.78 is 4.63. The lowest BCUT2D eigenvalue weighted by molar-refractivity contribution is -0.148. The van der Waals surface area contributed by atoms with E-state index in [0.717, 1.165) is 0 Å². The topological polar surface area (TPSA) is 43.4 Å². The molecule has 0 aliphatic rings. The van der Waals surface area contributed by atoms with Gasteiger partial charge in [-0.25, -0.2) is 0 Å². The SMILES string of the molecule is CCC(=O)OCC(=O)C(C)C. The zero-order valence-electron chi connectivity index (χ0n) is 7.22. The number of Topliss-reactive ketones (excluding diaryl/α,β-unsaturated/α-hetero) is 1. The molecule has 0 atom stereocenters. The molecule has 0 saturated carbocycles. The van der Waals surface area contributed by atoms with Crippen molar-refractivity contribution in [2.24, 2.45) is 5.92 Å². The van der Waals surface area contributed by atoms with Crippen molar-refractivity contribution >= 4 is 11.8 Å². The van der Waals surface area contributed by atoms with Gasteiger partial charge in [0.1, 0.15) is 6.61 Å². The maximum atomic E-state index is 10.9. The van der Waals surface area contributed by atoms with Crippen LogP contribution < -0.4 is 0 Å². The summed E-state index contributed by atoms with van der Waals surface area (Å²) in [6.45, 7) is 5.18. The third-order valence-electron chi connectivity index (χ3n) is 1.31. The normalized spacial score (nSPS) is 9.82. The van der Waals surface area contributed by atoms with Gasteiger partial charge in [-0.2, -0.15) is 0 Å². The average Bonchev–Trinajstić information content (AvgIpc) is 1.99. The van der Waals surface area contributed by atoms with Gasteiger partial charge in [-0.3, -0.25) is 9.59 Å². The molecule has 0 unspecified atom stereocenters. The van der Waals surface area contributed by atoms with Crippen molar-refractivity contribution in [3.8, 4) is 0 Å². The zero-order valence-corrected chi connectivity index (χ0v) is 7.22. The van der Waals surface area contributed by atoms with Crippen molar-refractivity contribution < 1.29 is 14.3 Å². The molecule has 0 bridgehead atoms. The van der Waals surface area contributed by atoms with Crippen LogP contribution >= 0.6 is 0 Å². The molecule has 0 amide bonds. The van der Waals surface area contributed by atoms with E-state index in [9.17, 15) is 9.59 Å². The van der Waals surface area contributed by atoms with E-state index in [-0.39, 0.29) is 24.3 Å². The first-order chi connectivity index (χ1) is 5.07. The van der Waals surface area contributed by atoms with Gasteiger partial charge >= 0.3 is 5.97 Å². The largest absolute Gasteiger partial charge is 0.458 e. The number of hydrogen-bond acceptors (Lipinski definition) is 3. The Hall–Kier alpha value is -0.860. The Morgan fingerprint density at radius 2 is 1.91 bits per heavy atom. The van der Waals surface area contributed by atoms with Crippen LogP contribution in [-0.4, -0.2) is 18.4 Å². The molecule has 0 radical (unpaired) electrons. The van der Waals surface area contributed by atoms with Crippen LogP contribution in [0.3, 0.4) is 0 Å². The molecule has 0 aliphatic heterocycles. The molecule has 0 aromatic rings. The predicted molar refractivity (Wildman–Crippen MR) is 41.1 cm³/mol. The molecule has 0 aromatic carbocycles. The highest BCUT2D eigenvalue weighted by Gasteiger charge is 2.08. The molecule has 0 saturated heterocycles. The molecule has 0 spiro atoms. The van der Waals surface area contributed by atoms with Gasteiger partial charge in [0, 0.05) is 12.3 Å². The minimum atomic E-state index is -0.320. The van der Waals surface area contributed by atoms with Crippen LogP contribution in [0.1, 0.15) is 27.2 Å². The van der Waals surface area contributed by atoms with Crippen molar-refractivity contribution in [3.63, 3.8) is 0 Å². The first kappa shape index (κ1) is 10.1. The standard InChI is InChI=1S/C8H14O3/c1-4-8(10)11-5-7(9)6(2)3/h6H,4-5H2,1-3H3. The molecule has 64 valence electrons. The highest BCUT2D eigenvalue weighted by molar-refractivity contribution is 5.83. The van der Waals surface area contributed by atoms with Gasteiger partial charge in [0.15, 0.2) is 5.78 Å². The van der Waals surface area contributed by atoms with Crippen molar-refractivity contribution in [3.05, 3.63) is 0 Å². The summed E-state index contributed by atoms with van der Waals surface area (Å²) in [7, 11) is 0.